The van der Waals surface area contributed by atoms with E-state index in [-0.39, 0.29) is 5.91 Å². The molecule has 0 heterocycles. The molecule has 4 heteroatoms. The molecule has 0 saturated carbocycles. The van der Waals surface area contributed by atoms with Crippen molar-refractivity contribution in [3.63, 3.8) is 0 Å². The van der Waals surface area contributed by atoms with Gasteiger partial charge in [0.05, 0.1) is 6.61 Å². The average molecular weight is 172 g/mol. The Balaban J connectivity index is 3.28. The van der Waals surface area contributed by atoms with Gasteiger partial charge in [0.1, 0.15) is 0 Å². The van der Waals surface area contributed by atoms with Crippen molar-refractivity contribution in [2.24, 2.45) is 0 Å². The Hall–Kier alpha value is -1.06. The lowest BCUT2D eigenvalue weighted by molar-refractivity contribution is -0.141. The summed E-state index contributed by atoms with van der Waals surface area (Å²) >= 11 is 0. The summed E-state index contributed by atoms with van der Waals surface area (Å²) in [6, 6.07) is 0. The van der Waals surface area contributed by atoms with E-state index in [1.165, 1.54) is 6.92 Å². The van der Waals surface area contributed by atoms with Crippen molar-refractivity contribution >= 4 is 11.9 Å². The van der Waals surface area contributed by atoms with Crippen LogP contribution in [0.4, 0.5) is 0 Å². The standard InChI is InChI=1S/C8H14NO3/c1-3-4-5-12-8(11)6-9-7(2)10/h6H,3-5H2,1-2H3,(H,9,10). The van der Waals surface area contributed by atoms with Gasteiger partial charge in [-0.15, -0.1) is 0 Å². The highest BCUT2D eigenvalue weighted by Crippen LogP contribution is 1.89. The summed E-state index contributed by atoms with van der Waals surface area (Å²) in [6.07, 6.45) is 1.83. The third-order valence-electron chi connectivity index (χ3n) is 1.14. The Morgan fingerprint density at radius 2 is 2.17 bits per heavy atom. The van der Waals surface area contributed by atoms with Gasteiger partial charge in [0.25, 0.3) is 0 Å². The minimum absolute atomic E-state index is 0.276. The third-order valence-corrected chi connectivity index (χ3v) is 1.14. The van der Waals surface area contributed by atoms with Crippen LogP contribution in [0.3, 0.4) is 0 Å². The number of hydrogen-bond acceptors (Lipinski definition) is 3. The van der Waals surface area contributed by atoms with Crippen molar-refractivity contribution in [3.05, 3.63) is 6.54 Å². The van der Waals surface area contributed by atoms with Crippen LogP contribution in [-0.2, 0) is 14.3 Å². The Morgan fingerprint density at radius 1 is 1.50 bits per heavy atom. The number of carbonyl (C=O) groups is 2. The van der Waals surface area contributed by atoms with Crippen LogP contribution in [0.15, 0.2) is 0 Å². The Labute approximate surface area is 72.3 Å². The maximum Gasteiger partial charge on any atom is 0.331 e. The second-order valence-corrected chi connectivity index (χ2v) is 2.37. The van der Waals surface area contributed by atoms with E-state index in [1.54, 1.807) is 0 Å². The van der Waals surface area contributed by atoms with Crippen LogP contribution in [0, 0.1) is 6.54 Å². The summed E-state index contributed by atoms with van der Waals surface area (Å²) < 4.78 is 4.72. The minimum Gasteiger partial charge on any atom is -0.464 e. The van der Waals surface area contributed by atoms with Crippen LogP contribution in [0.2, 0.25) is 0 Å². The van der Waals surface area contributed by atoms with Crippen molar-refractivity contribution in [3.8, 4) is 0 Å². The molecule has 4 nitrogen and oxygen atoms in total. The fourth-order valence-corrected chi connectivity index (χ4v) is 0.519. The van der Waals surface area contributed by atoms with Gasteiger partial charge in [-0.25, -0.2) is 4.79 Å². The van der Waals surface area contributed by atoms with Crippen molar-refractivity contribution in [1.29, 1.82) is 0 Å². The second-order valence-electron chi connectivity index (χ2n) is 2.37. The molecule has 0 atom stereocenters. The summed E-state index contributed by atoms with van der Waals surface area (Å²) in [6.45, 7) is 4.77. The van der Waals surface area contributed by atoms with Gasteiger partial charge >= 0.3 is 5.97 Å². The number of carbonyl (C=O) groups excluding carboxylic acids is 2. The van der Waals surface area contributed by atoms with Gasteiger partial charge in [0, 0.05) is 6.92 Å². The maximum atomic E-state index is 10.7. The molecular weight excluding hydrogens is 158 g/mol. The van der Waals surface area contributed by atoms with Crippen LogP contribution in [0.1, 0.15) is 26.7 Å². The molecule has 69 valence electrons. The summed E-state index contributed by atoms with van der Waals surface area (Å²) in [4.78, 5) is 21.1. The minimum atomic E-state index is -0.501. The zero-order valence-electron chi connectivity index (χ0n) is 7.42. The monoisotopic (exact) mass is 172 g/mol. The fraction of sp³-hybridized carbons (Fsp3) is 0.625. The summed E-state index contributed by atoms with van der Waals surface area (Å²) in [7, 11) is 0. The van der Waals surface area contributed by atoms with E-state index in [9.17, 15) is 9.59 Å². The van der Waals surface area contributed by atoms with Crippen molar-refractivity contribution in [1.82, 2.24) is 5.32 Å². The Morgan fingerprint density at radius 3 is 2.67 bits per heavy atom. The van der Waals surface area contributed by atoms with E-state index in [1.807, 2.05) is 6.92 Å². The summed E-state index contributed by atoms with van der Waals surface area (Å²) in [5.41, 5.74) is 0. The maximum absolute atomic E-state index is 10.7. The molecule has 0 rings (SSSR count). The first-order valence-electron chi connectivity index (χ1n) is 3.94. The van der Waals surface area contributed by atoms with Gasteiger partial charge in [0.2, 0.25) is 5.91 Å². The normalized spacial score (nSPS) is 9.17. The van der Waals surface area contributed by atoms with Crippen LogP contribution in [0.25, 0.3) is 0 Å². The fourth-order valence-electron chi connectivity index (χ4n) is 0.519. The molecule has 0 bridgehead atoms. The first-order chi connectivity index (χ1) is 5.66. The molecule has 0 aromatic rings. The largest absolute Gasteiger partial charge is 0.464 e. The van der Waals surface area contributed by atoms with Crippen LogP contribution in [0.5, 0.6) is 0 Å². The predicted octanol–water partition coefficient (Wildman–Crippen LogP) is 0.628. The van der Waals surface area contributed by atoms with Gasteiger partial charge in [0.15, 0.2) is 6.54 Å². The van der Waals surface area contributed by atoms with Gasteiger partial charge in [-0.3, -0.25) is 4.79 Å². The smallest absolute Gasteiger partial charge is 0.331 e. The number of esters is 1. The number of nitrogens with one attached hydrogen (secondary N) is 1. The SMILES string of the molecule is CCCCOC(=O)[CH]NC(C)=O. The molecule has 0 aromatic carbocycles. The molecule has 0 aliphatic heterocycles. The second kappa shape index (κ2) is 6.64. The van der Waals surface area contributed by atoms with Crippen LogP contribution < -0.4 is 5.32 Å². The molecule has 0 aromatic heterocycles. The van der Waals surface area contributed by atoms with Gasteiger partial charge in [-0.2, -0.15) is 0 Å². The van der Waals surface area contributed by atoms with Crippen LogP contribution in [-0.4, -0.2) is 18.5 Å². The number of hydrogen-bond donors (Lipinski definition) is 1. The molecule has 0 spiro atoms. The van der Waals surface area contributed by atoms with Gasteiger partial charge in [-0.05, 0) is 6.42 Å². The first-order valence-corrected chi connectivity index (χ1v) is 3.94. The predicted molar refractivity (Wildman–Crippen MR) is 44.0 cm³/mol. The quantitative estimate of drug-likeness (QED) is 0.488. The number of unbranched alkanes of at least 4 members (excludes halogenated alkanes) is 1. The lowest BCUT2D eigenvalue weighted by Gasteiger charge is -2.02. The molecule has 0 saturated heterocycles. The van der Waals surface area contributed by atoms with E-state index in [0.717, 1.165) is 19.4 Å². The highest BCUT2D eigenvalue weighted by atomic mass is 16.5. The number of rotatable bonds is 5. The van der Waals surface area contributed by atoms with E-state index < -0.39 is 5.97 Å². The average Bonchev–Trinajstić information content (AvgIpc) is 2.01. The van der Waals surface area contributed by atoms with Gasteiger partial charge < -0.3 is 10.1 Å². The van der Waals surface area contributed by atoms with E-state index in [0.29, 0.717) is 6.61 Å². The molecule has 0 aliphatic rings. The van der Waals surface area contributed by atoms with Gasteiger partial charge in [-0.1, -0.05) is 13.3 Å². The Bertz CT molecular complexity index is 156. The summed E-state index contributed by atoms with van der Waals surface area (Å²) in [5.74, 6) is -0.777. The molecule has 1 N–H and O–H groups in total. The lowest BCUT2D eigenvalue weighted by atomic mass is 10.4. The number of ether oxygens (including phenoxy) is 1. The third kappa shape index (κ3) is 7.05. The zero-order chi connectivity index (χ0) is 9.40. The van der Waals surface area contributed by atoms with Crippen molar-refractivity contribution in [2.75, 3.05) is 6.61 Å². The van der Waals surface area contributed by atoms with E-state index in [4.69, 9.17) is 4.74 Å². The zero-order valence-corrected chi connectivity index (χ0v) is 7.42. The Kier molecular flexibility index (Phi) is 6.05. The van der Waals surface area contributed by atoms with Crippen LogP contribution >= 0.6 is 0 Å². The highest BCUT2D eigenvalue weighted by Gasteiger charge is 2.02. The molecule has 12 heavy (non-hydrogen) atoms. The molecular formula is C8H14NO3. The molecule has 0 aliphatic carbocycles. The summed E-state index contributed by atoms with van der Waals surface area (Å²) in [5, 5.41) is 2.23. The molecule has 0 unspecified atom stereocenters. The number of amides is 1. The molecule has 1 radical (unpaired) electrons. The molecule has 1 amide bonds. The van der Waals surface area contributed by atoms with Crippen molar-refractivity contribution < 1.29 is 14.3 Å². The van der Waals surface area contributed by atoms with E-state index in [2.05, 4.69) is 5.32 Å². The van der Waals surface area contributed by atoms with E-state index >= 15 is 0 Å². The van der Waals surface area contributed by atoms with Crippen molar-refractivity contribution in [2.45, 2.75) is 26.7 Å². The first kappa shape index (κ1) is 10.9. The lowest BCUT2D eigenvalue weighted by Crippen LogP contribution is -2.23. The highest BCUT2D eigenvalue weighted by molar-refractivity contribution is 5.85. The topological polar surface area (TPSA) is 55.4 Å². The molecule has 0 fully saturated rings.